The molecule has 8 nitrogen and oxygen atoms in total. The molecule has 2 unspecified atom stereocenters. The van der Waals surface area contributed by atoms with Gasteiger partial charge in [0, 0.05) is 18.3 Å². The Hall–Kier alpha value is -3.33. The predicted octanol–water partition coefficient (Wildman–Crippen LogP) is 2.17. The number of carbonyl (C=O) groups excluding carboxylic acids is 3. The number of halogens is 1. The Morgan fingerprint density at radius 1 is 1.18 bits per heavy atom. The van der Waals surface area contributed by atoms with Crippen molar-refractivity contribution in [3.05, 3.63) is 53.5 Å². The number of fused-ring (bicyclic) bond motifs is 1. The predicted molar refractivity (Wildman–Crippen MR) is 124 cm³/mol. The molecule has 176 valence electrons. The highest BCUT2D eigenvalue weighted by Gasteiger charge is 2.43. The van der Waals surface area contributed by atoms with Crippen LogP contribution in [0, 0.1) is 18.7 Å². The SMILES string of the molecule is CN[C@@H](C)C(=O)NC(C(=O)N1c2ncccc2CC1C(=O)Nc1ccc(F)cc1C)C(C)C. The molecule has 2 heterocycles. The molecule has 1 aliphatic heterocycles. The number of rotatable bonds is 7. The van der Waals surface area contributed by atoms with E-state index < -0.39 is 35.8 Å². The third-order valence-electron chi connectivity index (χ3n) is 5.86. The Kier molecular flexibility index (Phi) is 7.43. The van der Waals surface area contributed by atoms with Gasteiger partial charge in [-0.2, -0.15) is 0 Å². The number of pyridine rings is 1. The van der Waals surface area contributed by atoms with Crippen molar-refractivity contribution < 1.29 is 18.8 Å². The number of benzene rings is 1. The van der Waals surface area contributed by atoms with Crippen LogP contribution in [0.2, 0.25) is 0 Å². The van der Waals surface area contributed by atoms with Crippen molar-refractivity contribution in [2.45, 2.75) is 52.2 Å². The molecule has 3 rings (SSSR count). The van der Waals surface area contributed by atoms with E-state index in [9.17, 15) is 18.8 Å². The highest BCUT2D eigenvalue weighted by molar-refractivity contribution is 6.09. The Balaban J connectivity index is 1.91. The minimum Gasteiger partial charge on any atom is -0.343 e. The van der Waals surface area contributed by atoms with Crippen molar-refractivity contribution in [1.29, 1.82) is 0 Å². The normalized spacial score (nSPS) is 16.8. The molecule has 3 atom stereocenters. The van der Waals surface area contributed by atoms with Gasteiger partial charge >= 0.3 is 0 Å². The van der Waals surface area contributed by atoms with Crippen LogP contribution in [0.3, 0.4) is 0 Å². The summed E-state index contributed by atoms with van der Waals surface area (Å²) in [6, 6.07) is 5.48. The maximum Gasteiger partial charge on any atom is 0.251 e. The molecule has 2 aromatic rings. The fourth-order valence-electron chi connectivity index (χ4n) is 3.78. The topological polar surface area (TPSA) is 103 Å². The molecular formula is C24H30FN5O3. The quantitative estimate of drug-likeness (QED) is 0.594. The Labute approximate surface area is 193 Å². The summed E-state index contributed by atoms with van der Waals surface area (Å²) in [7, 11) is 1.66. The second kappa shape index (κ2) is 10.1. The summed E-state index contributed by atoms with van der Waals surface area (Å²) in [5.41, 5.74) is 1.80. The minimum absolute atomic E-state index is 0.221. The summed E-state index contributed by atoms with van der Waals surface area (Å²) in [5.74, 6) is -1.34. The van der Waals surface area contributed by atoms with Gasteiger partial charge in [0.15, 0.2) is 0 Å². The third-order valence-corrected chi connectivity index (χ3v) is 5.86. The van der Waals surface area contributed by atoms with Crippen molar-refractivity contribution in [2.75, 3.05) is 17.3 Å². The molecule has 1 aromatic heterocycles. The first-order valence-electron chi connectivity index (χ1n) is 11.0. The van der Waals surface area contributed by atoms with Crippen molar-refractivity contribution >= 4 is 29.2 Å². The number of carbonyl (C=O) groups is 3. The first-order valence-corrected chi connectivity index (χ1v) is 11.0. The van der Waals surface area contributed by atoms with Crippen LogP contribution in [0.1, 0.15) is 31.9 Å². The smallest absolute Gasteiger partial charge is 0.251 e. The van der Waals surface area contributed by atoms with E-state index in [2.05, 4.69) is 20.9 Å². The molecule has 3 N–H and O–H groups in total. The van der Waals surface area contributed by atoms with Gasteiger partial charge in [-0.1, -0.05) is 19.9 Å². The number of anilines is 2. The lowest BCUT2D eigenvalue weighted by Gasteiger charge is -2.31. The van der Waals surface area contributed by atoms with Crippen LogP contribution >= 0.6 is 0 Å². The molecule has 0 aliphatic carbocycles. The third kappa shape index (κ3) is 5.19. The molecule has 0 radical (unpaired) electrons. The number of aromatic nitrogens is 1. The number of likely N-dealkylation sites (N-methyl/N-ethyl adjacent to an activating group) is 1. The fourth-order valence-corrected chi connectivity index (χ4v) is 3.78. The van der Waals surface area contributed by atoms with E-state index in [-0.39, 0.29) is 18.2 Å². The van der Waals surface area contributed by atoms with Crippen LogP contribution in [0.4, 0.5) is 15.9 Å². The van der Waals surface area contributed by atoms with Gasteiger partial charge in [-0.05, 0) is 62.2 Å². The van der Waals surface area contributed by atoms with E-state index >= 15 is 0 Å². The molecular weight excluding hydrogens is 425 g/mol. The van der Waals surface area contributed by atoms with Gasteiger partial charge in [0.25, 0.3) is 5.91 Å². The zero-order valence-electron chi connectivity index (χ0n) is 19.5. The summed E-state index contributed by atoms with van der Waals surface area (Å²) in [6.07, 6.45) is 1.85. The maximum atomic E-state index is 13.7. The molecule has 0 bridgehead atoms. The summed E-state index contributed by atoms with van der Waals surface area (Å²) < 4.78 is 13.5. The Morgan fingerprint density at radius 2 is 1.91 bits per heavy atom. The van der Waals surface area contributed by atoms with Crippen LogP contribution in [-0.4, -0.2) is 47.9 Å². The Morgan fingerprint density at radius 3 is 2.55 bits per heavy atom. The van der Waals surface area contributed by atoms with E-state index in [1.54, 1.807) is 33.2 Å². The molecule has 1 aromatic carbocycles. The zero-order chi connectivity index (χ0) is 24.3. The number of hydrogen-bond donors (Lipinski definition) is 3. The van der Waals surface area contributed by atoms with Crippen molar-refractivity contribution in [3.8, 4) is 0 Å². The van der Waals surface area contributed by atoms with Gasteiger partial charge in [0.1, 0.15) is 23.7 Å². The van der Waals surface area contributed by atoms with Crippen molar-refractivity contribution in [2.24, 2.45) is 5.92 Å². The summed E-state index contributed by atoms with van der Waals surface area (Å²) >= 11 is 0. The molecule has 0 fully saturated rings. The standard InChI is InChI=1S/C24H30FN5O3/c1-13(2)20(29-22(31)15(4)26-5)24(33)30-19(12-16-7-6-10-27-21(16)30)23(32)28-18-9-8-17(25)11-14(18)3/h6-11,13,15,19-20,26H,12H2,1-5H3,(H,28,32)(H,29,31)/t15-,19?,20?/m0/s1. The van der Waals surface area contributed by atoms with Gasteiger partial charge in [0.2, 0.25) is 11.8 Å². The average Bonchev–Trinajstić information content (AvgIpc) is 3.17. The molecule has 1 aliphatic rings. The first kappa shape index (κ1) is 24.3. The number of nitrogens with one attached hydrogen (secondary N) is 3. The van der Waals surface area contributed by atoms with Crippen molar-refractivity contribution in [3.63, 3.8) is 0 Å². The average molecular weight is 456 g/mol. The van der Waals surface area contributed by atoms with Gasteiger partial charge in [-0.3, -0.25) is 19.3 Å². The number of aryl methyl sites for hydroxylation is 1. The summed E-state index contributed by atoms with van der Waals surface area (Å²) in [4.78, 5) is 45.2. The lowest BCUT2D eigenvalue weighted by atomic mass is 10.0. The molecule has 0 spiro atoms. The summed E-state index contributed by atoms with van der Waals surface area (Å²) in [6.45, 7) is 7.06. The highest BCUT2D eigenvalue weighted by Crippen LogP contribution is 2.32. The molecule has 9 heteroatoms. The van der Waals surface area contributed by atoms with Crippen LogP contribution in [-0.2, 0) is 20.8 Å². The van der Waals surface area contributed by atoms with Gasteiger partial charge in [-0.15, -0.1) is 0 Å². The van der Waals surface area contributed by atoms with Crippen LogP contribution in [0.5, 0.6) is 0 Å². The molecule has 33 heavy (non-hydrogen) atoms. The van der Waals surface area contributed by atoms with Gasteiger partial charge in [0.05, 0.1) is 6.04 Å². The Bertz CT molecular complexity index is 1060. The van der Waals surface area contributed by atoms with Crippen molar-refractivity contribution in [1.82, 2.24) is 15.6 Å². The highest BCUT2D eigenvalue weighted by atomic mass is 19.1. The number of amides is 3. The van der Waals surface area contributed by atoms with Gasteiger partial charge < -0.3 is 16.0 Å². The fraction of sp³-hybridized carbons (Fsp3) is 0.417. The first-order chi connectivity index (χ1) is 15.6. The largest absolute Gasteiger partial charge is 0.343 e. The minimum atomic E-state index is -0.855. The zero-order valence-corrected chi connectivity index (χ0v) is 19.5. The lowest BCUT2D eigenvalue weighted by Crippen LogP contribution is -2.57. The van der Waals surface area contributed by atoms with E-state index in [1.807, 2.05) is 19.9 Å². The number of nitrogens with zero attached hydrogens (tertiary/aromatic N) is 2. The van der Waals surface area contributed by atoms with E-state index in [0.29, 0.717) is 17.1 Å². The second-order valence-electron chi connectivity index (χ2n) is 8.60. The second-order valence-corrected chi connectivity index (χ2v) is 8.60. The van der Waals surface area contributed by atoms with Crippen LogP contribution in [0.25, 0.3) is 0 Å². The van der Waals surface area contributed by atoms with E-state index in [0.717, 1.165) is 5.56 Å². The van der Waals surface area contributed by atoms with Crippen LogP contribution < -0.4 is 20.9 Å². The molecule has 0 saturated carbocycles. The molecule has 0 saturated heterocycles. The molecule has 3 amide bonds. The summed E-state index contributed by atoms with van der Waals surface area (Å²) in [5, 5.41) is 8.47. The van der Waals surface area contributed by atoms with E-state index in [1.165, 1.54) is 23.1 Å². The number of hydrogen-bond acceptors (Lipinski definition) is 5. The monoisotopic (exact) mass is 455 g/mol. The van der Waals surface area contributed by atoms with E-state index in [4.69, 9.17) is 0 Å². The lowest BCUT2D eigenvalue weighted by molar-refractivity contribution is -0.130. The van der Waals surface area contributed by atoms with Crippen LogP contribution in [0.15, 0.2) is 36.5 Å². The van der Waals surface area contributed by atoms with Gasteiger partial charge in [-0.25, -0.2) is 9.37 Å². The maximum absolute atomic E-state index is 13.7.